The molecule has 0 radical (unpaired) electrons. The first-order valence-electron chi connectivity index (χ1n) is 6.89. The lowest BCUT2D eigenvalue weighted by Crippen LogP contribution is -2.45. The van der Waals surface area contributed by atoms with Gasteiger partial charge in [-0.3, -0.25) is 4.90 Å². The summed E-state index contributed by atoms with van der Waals surface area (Å²) in [4.78, 5) is 4.04. The summed E-state index contributed by atoms with van der Waals surface area (Å²) in [6.45, 7) is 6.57. The molecule has 0 bridgehead atoms. The molecule has 1 aromatic carbocycles. The minimum atomic E-state index is 0.419. The Kier molecular flexibility index (Phi) is 3.97. The van der Waals surface area contributed by atoms with E-state index in [0.717, 1.165) is 26.2 Å². The van der Waals surface area contributed by atoms with E-state index in [4.69, 9.17) is 0 Å². The molecule has 1 aliphatic rings. The van der Waals surface area contributed by atoms with Gasteiger partial charge >= 0.3 is 0 Å². The average molecular weight is 272 g/mol. The maximum Gasteiger partial charge on any atom is 0.0696 e. The predicted molar refractivity (Wildman–Crippen MR) is 81.8 cm³/mol. The van der Waals surface area contributed by atoms with Crippen molar-refractivity contribution in [2.45, 2.75) is 13.0 Å². The summed E-state index contributed by atoms with van der Waals surface area (Å²) >= 11 is 1.86. The van der Waals surface area contributed by atoms with Crippen LogP contribution in [0.15, 0.2) is 41.8 Å². The summed E-state index contributed by atoms with van der Waals surface area (Å²) in [5.41, 5.74) is 2.74. The highest BCUT2D eigenvalue weighted by molar-refractivity contribution is 7.10. The SMILES string of the molecule is Cc1ccc(C(c2cccs2)N2CCNCC2)cc1. The molecule has 0 aliphatic carbocycles. The monoisotopic (exact) mass is 272 g/mol. The second kappa shape index (κ2) is 5.87. The molecule has 1 aliphatic heterocycles. The average Bonchev–Trinajstić information content (AvgIpc) is 2.96. The molecule has 0 spiro atoms. The van der Waals surface area contributed by atoms with E-state index in [9.17, 15) is 0 Å². The lowest BCUT2D eigenvalue weighted by Gasteiger charge is -2.34. The first-order chi connectivity index (χ1) is 9.34. The van der Waals surface area contributed by atoms with Gasteiger partial charge in [-0.2, -0.15) is 0 Å². The zero-order chi connectivity index (χ0) is 13.1. The van der Waals surface area contributed by atoms with Crippen molar-refractivity contribution < 1.29 is 0 Å². The van der Waals surface area contributed by atoms with Gasteiger partial charge in [0.1, 0.15) is 0 Å². The smallest absolute Gasteiger partial charge is 0.0696 e. The van der Waals surface area contributed by atoms with Crippen molar-refractivity contribution in [3.05, 3.63) is 57.8 Å². The van der Waals surface area contributed by atoms with Gasteiger partial charge in [-0.25, -0.2) is 0 Å². The van der Waals surface area contributed by atoms with E-state index in [-0.39, 0.29) is 0 Å². The first-order valence-corrected chi connectivity index (χ1v) is 7.77. The molecule has 19 heavy (non-hydrogen) atoms. The van der Waals surface area contributed by atoms with Gasteiger partial charge in [-0.1, -0.05) is 35.9 Å². The summed E-state index contributed by atoms with van der Waals surface area (Å²) in [6, 6.07) is 13.8. The Hall–Kier alpha value is -1.16. The Morgan fingerprint density at radius 3 is 2.47 bits per heavy atom. The highest BCUT2D eigenvalue weighted by Crippen LogP contribution is 2.32. The van der Waals surface area contributed by atoms with Gasteiger partial charge in [0.15, 0.2) is 0 Å². The highest BCUT2D eigenvalue weighted by atomic mass is 32.1. The molecule has 2 heterocycles. The van der Waals surface area contributed by atoms with Crippen LogP contribution in [-0.2, 0) is 0 Å². The van der Waals surface area contributed by atoms with E-state index in [1.165, 1.54) is 16.0 Å². The molecular formula is C16H20N2S. The Morgan fingerprint density at radius 1 is 1.11 bits per heavy atom. The number of benzene rings is 1. The number of thiophene rings is 1. The molecule has 1 atom stereocenters. The van der Waals surface area contributed by atoms with Crippen LogP contribution in [-0.4, -0.2) is 31.1 Å². The number of hydrogen-bond donors (Lipinski definition) is 1. The predicted octanol–water partition coefficient (Wildman–Crippen LogP) is 3.05. The molecule has 1 N–H and O–H groups in total. The van der Waals surface area contributed by atoms with E-state index in [2.05, 4.69) is 58.9 Å². The van der Waals surface area contributed by atoms with Gasteiger partial charge in [0.25, 0.3) is 0 Å². The minimum absolute atomic E-state index is 0.419. The third-order valence-electron chi connectivity index (χ3n) is 3.72. The zero-order valence-corrected chi connectivity index (χ0v) is 12.1. The maximum atomic E-state index is 3.44. The van der Waals surface area contributed by atoms with Crippen LogP contribution in [0.2, 0.25) is 0 Å². The number of aryl methyl sites for hydroxylation is 1. The van der Waals surface area contributed by atoms with Crippen molar-refractivity contribution in [3.8, 4) is 0 Å². The molecular weight excluding hydrogens is 252 g/mol. The summed E-state index contributed by atoms with van der Waals surface area (Å²) in [5, 5.41) is 5.62. The van der Waals surface area contributed by atoms with Crippen molar-refractivity contribution in [2.24, 2.45) is 0 Å². The molecule has 3 rings (SSSR count). The normalized spacial score (nSPS) is 18.4. The summed E-state index contributed by atoms with van der Waals surface area (Å²) in [7, 11) is 0. The second-order valence-electron chi connectivity index (χ2n) is 5.11. The summed E-state index contributed by atoms with van der Waals surface area (Å²) < 4.78 is 0. The van der Waals surface area contributed by atoms with E-state index in [1.807, 2.05) is 11.3 Å². The van der Waals surface area contributed by atoms with Crippen LogP contribution in [0.25, 0.3) is 0 Å². The topological polar surface area (TPSA) is 15.3 Å². The third kappa shape index (κ3) is 2.89. The van der Waals surface area contributed by atoms with Gasteiger partial charge in [-0.05, 0) is 23.9 Å². The van der Waals surface area contributed by atoms with Crippen LogP contribution in [0.3, 0.4) is 0 Å². The molecule has 1 fully saturated rings. The molecule has 1 unspecified atom stereocenters. The Balaban J connectivity index is 1.93. The third-order valence-corrected chi connectivity index (χ3v) is 4.65. The number of nitrogens with zero attached hydrogens (tertiary/aromatic N) is 1. The fourth-order valence-corrected chi connectivity index (χ4v) is 3.58. The van der Waals surface area contributed by atoms with Crippen molar-refractivity contribution in [2.75, 3.05) is 26.2 Å². The lowest BCUT2D eigenvalue weighted by molar-refractivity contribution is 0.200. The van der Waals surface area contributed by atoms with Gasteiger partial charge < -0.3 is 5.32 Å². The number of rotatable bonds is 3. The van der Waals surface area contributed by atoms with E-state index < -0.39 is 0 Å². The van der Waals surface area contributed by atoms with E-state index >= 15 is 0 Å². The first kappa shape index (κ1) is 12.9. The Morgan fingerprint density at radius 2 is 1.84 bits per heavy atom. The van der Waals surface area contributed by atoms with Crippen LogP contribution in [0.1, 0.15) is 22.0 Å². The Labute approximate surface area is 119 Å². The number of hydrogen-bond acceptors (Lipinski definition) is 3. The highest BCUT2D eigenvalue weighted by Gasteiger charge is 2.24. The van der Waals surface area contributed by atoms with Crippen LogP contribution >= 0.6 is 11.3 Å². The van der Waals surface area contributed by atoms with E-state index in [1.54, 1.807) is 0 Å². The summed E-state index contributed by atoms with van der Waals surface area (Å²) in [5.74, 6) is 0. The molecule has 100 valence electrons. The Bertz CT molecular complexity index is 498. The lowest BCUT2D eigenvalue weighted by atomic mass is 10.0. The van der Waals surface area contributed by atoms with Crippen LogP contribution in [0, 0.1) is 6.92 Å². The summed E-state index contributed by atoms with van der Waals surface area (Å²) in [6.07, 6.45) is 0. The molecule has 2 aromatic rings. The van der Waals surface area contributed by atoms with Crippen molar-refractivity contribution in [1.29, 1.82) is 0 Å². The molecule has 0 amide bonds. The maximum absolute atomic E-state index is 3.44. The largest absolute Gasteiger partial charge is 0.314 e. The van der Waals surface area contributed by atoms with Gasteiger partial charge in [0.2, 0.25) is 0 Å². The van der Waals surface area contributed by atoms with Gasteiger partial charge in [0.05, 0.1) is 6.04 Å². The van der Waals surface area contributed by atoms with E-state index in [0.29, 0.717) is 6.04 Å². The van der Waals surface area contributed by atoms with Gasteiger partial charge in [0, 0.05) is 31.1 Å². The van der Waals surface area contributed by atoms with Crippen LogP contribution in [0.4, 0.5) is 0 Å². The fourth-order valence-electron chi connectivity index (χ4n) is 2.69. The molecule has 0 saturated carbocycles. The van der Waals surface area contributed by atoms with Crippen molar-refractivity contribution in [3.63, 3.8) is 0 Å². The molecule has 1 saturated heterocycles. The standard InChI is InChI=1S/C16H20N2S/c1-13-4-6-14(7-5-13)16(15-3-2-12-19-15)18-10-8-17-9-11-18/h2-7,12,16-17H,8-11H2,1H3. The van der Waals surface area contributed by atoms with Crippen molar-refractivity contribution >= 4 is 11.3 Å². The quantitative estimate of drug-likeness (QED) is 0.924. The molecule has 2 nitrogen and oxygen atoms in total. The number of nitrogens with one attached hydrogen (secondary N) is 1. The second-order valence-corrected chi connectivity index (χ2v) is 6.09. The minimum Gasteiger partial charge on any atom is -0.314 e. The zero-order valence-electron chi connectivity index (χ0n) is 11.3. The van der Waals surface area contributed by atoms with Crippen LogP contribution in [0.5, 0.6) is 0 Å². The van der Waals surface area contributed by atoms with Crippen molar-refractivity contribution in [1.82, 2.24) is 10.2 Å². The van der Waals surface area contributed by atoms with Crippen LogP contribution < -0.4 is 5.32 Å². The fraction of sp³-hybridized carbons (Fsp3) is 0.375. The molecule has 1 aromatic heterocycles. The van der Waals surface area contributed by atoms with Gasteiger partial charge in [-0.15, -0.1) is 11.3 Å². The number of piperazine rings is 1. The molecule has 3 heteroatoms.